The molecule has 0 fully saturated rings. The molecule has 6 nitrogen and oxygen atoms in total. The fourth-order valence-electron chi connectivity index (χ4n) is 1.35. The van der Waals surface area contributed by atoms with Gasteiger partial charge in [0.15, 0.2) is 0 Å². The number of hydrogen-bond acceptors (Lipinski definition) is 4. The predicted molar refractivity (Wildman–Crippen MR) is 66.3 cm³/mol. The smallest absolute Gasteiger partial charge is 0.329 e. The highest BCUT2D eigenvalue weighted by Gasteiger charge is 2.04. The van der Waals surface area contributed by atoms with Crippen LogP contribution in [0.15, 0.2) is 24.3 Å². The predicted octanol–water partition coefficient (Wildman–Crippen LogP) is 0.227. The molecule has 18 heavy (non-hydrogen) atoms. The zero-order chi connectivity index (χ0) is 13.4. The Kier molecular flexibility index (Phi) is 5.83. The Labute approximate surface area is 105 Å². The highest BCUT2D eigenvalue weighted by atomic mass is 16.5. The van der Waals surface area contributed by atoms with E-state index in [-0.39, 0.29) is 12.5 Å². The maximum absolute atomic E-state index is 11.4. The number of carboxylic acid groups (broad SMARTS) is 1. The minimum Gasteiger partial charge on any atom is -0.480 e. The Morgan fingerprint density at radius 1 is 1.22 bits per heavy atom. The Bertz CT molecular complexity index is 403. The number of aliphatic carboxylic acids is 1. The third kappa shape index (κ3) is 5.42. The van der Waals surface area contributed by atoms with Gasteiger partial charge in [0.1, 0.15) is 13.2 Å². The molecule has 0 aromatic heterocycles. The van der Waals surface area contributed by atoms with E-state index in [1.54, 1.807) is 12.1 Å². The van der Waals surface area contributed by atoms with E-state index < -0.39 is 12.6 Å². The lowest BCUT2D eigenvalue weighted by atomic mass is 10.1. The maximum atomic E-state index is 11.4. The first-order chi connectivity index (χ1) is 8.61. The Balaban J connectivity index is 2.37. The average molecular weight is 252 g/mol. The van der Waals surface area contributed by atoms with E-state index in [0.717, 1.165) is 12.0 Å². The second-order valence-corrected chi connectivity index (χ2v) is 3.67. The molecule has 0 heterocycles. The molecule has 0 saturated carbocycles. The lowest BCUT2D eigenvalue weighted by Gasteiger charge is -2.06. The molecule has 6 heteroatoms. The first-order valence-electron chi connectivity index (χ1n) is 5.50. The van der Waals surface area contributed by atoms with Gasteiger partial charge in [-0.3, -0.25) is 4.79 Å². The van der Waals surface area contributed by atoms with E-state index >= 15 is 0 Å². The summed E-state index contributed by atoms with van der Waals surface area (Å²) in [6.07, 6.45) is 0.788. The molecular formula is C12H16N2O4. The van der Waals surface area contributed by atoms with Crippen molar-refractivity contribution in [2.45, 2.75) is 6.42 Å². The number of carboxylic acids is 1. The Morgan fingerprint density at radius 3 is 2.44 bits per heavy atom. The number of amides is 1. The van der Waals surface area contributed by atoms with Gasteiger partial charge in [-0.1, -0.05) is 12.1 Å². The van der Waals surface area contributed by atoms with E-state index in [1.807, 2.05) is 12.1 Å². The van der Waals surface area contributed by atoms with E-state index in [2.05, 4.69) is 10.1 Å². The molecule has 0 aliphatic heterocycles. The number of ether oxygens (including phenoxy) is 1. The normalized spacial score (nSPS) is 10.1. The van der Waals surface area contributed by atoms with Gasteiger partial charge >= 0.3 is 5.97 Å². The molecule has 4 N–H and O–H groups in total. The minimum absolute atomic E-state index is 0.281. The standard InChI is InChI=1S/C12H16N2O4/c13-6-5-9-1-3-10(4-2-9)14-11(15)7-18-8-12(16)17/h1-4H,5-8,13H2,(H,14,15)(H,16,17). The molecule has 0 saturated heterocycles. The van der Waals surface area contributed by atoms with Crippen LogP contribution in [0.1, 0.15) is 5.56 Å². The van der Waals surface area contributed by atoms with Crippen molar-refractivity contribution >= 4 is 17.6 Å². The van der Waals surface area contributed by atoms with Crippen LogP contribution >= 0.6 is 0 Å². The van der Waals surface area contributed by atoms with Crippen molar-refractivity contribution < 1.29 is 19.4 Å². The molecule has 0 aliphatic rings. The first-order valence-corrected chi connectivity index (χ1v) is 5.50. The highest BCUT2D eigenvalue weighted by Crippen LogP contribution is 2.09. The second kappa shape index (κ2) is 7.41. The van der Waals surface area contributed by atoms with Gasteiger partial charge in [-0.15, -0.1) is 0 Å². The van der Waals surface area contributed by atoms with Crippen molar-refractivity contribution in [3.8, 4) is 0 Å². The number of carbonyl (C=O) groups excluding carboxylic acids is 1. The topological polar surface area (TPSA) is 102 Å². The minimum atomic E-state index is -1.10. The summed E-state index contributed by atoms with van der Waals surface area (Å²) in [5.74, 6) is -1.49. The molecule has 1 aromatic rings. The van der Waals surface area contributed by atoms with Crippen LogP contribution in [0.3, 0.4) is 0 Å². The van der Waals surface area contributed by atoms with E-state index in [1.165, 1.54) is 0 Å². The molecule has 0 spiro atoms. The zero-order valence-electron chi connectivity index (χ0n) is 9.89. The van der Waals surface area contributed by atoms with Gasteiger partial charge in [0, 0.05) is 5.69 Å². The van der Waals surface area contributed by atoms with Gasteiger partial charge in [-0.2, -0.15) is 0 Å². The third-order valence-corrected chi connectivity index (χ3v) is 2.13. The van der Waals surface area contributed by atoms with Crippen LogP contribution in [-0.4, -0.2) is 36.7 Å². The number of hydrogen-bond donors (Lipinski definition) is 3. The van der Waals surface area contributed by atoms with Crippen molar-refractivity contribution in [2.24, 2.45) is 5.73 Å². The summed E-state index contributed by atoms with van der Waals surface area (Å²) in [6, 6.07) is 7.28. The molecule has 0 aliphatic carbocycles. The van der Waals surface area contributed by atoms with Crippen LogP contribution in [-0.2, 0) is 20.7 Å². The first kappa shape index (κ1) is 14.1. The Morgan fingerprint density at radius 2 is 1.89 bits per heavy atom. The summed E-state index contributed by atoms with van der Waals surface area (Å²) in [5.41, 5.74) is 7.16. The summed E-state index contributed by atoms with van der Waals surface area (Å²) in [5, 5.41) is 10.9. The van der Waals surface area contributed by atoms with Crippen LogP contribution in [0.4, 0.5) is 5.69 Å². The monoisotopic (exact) mass is 252 g/mol. The quantitative estimate of drug-likeness (QED) is 0.644. The third-order valence-electron chi connectivity index (χ3n) is 2.13. The zero-order valence-corrected chi connectivity index (χ0v) is 9.89. The lowest BCUT2D eigenvalue weighted by Crippen LogP contribution is -2.20. The van der Waals surface area contributed by atoms with Crippen molar-refractivity contribution in [3.05, 3.63) is 29.8 Å². The van der Waals surface area contributed by atoms with Crippen LogP contribution in [0.25, 0.3) is 0 Å². The van der Waals surface area contributed by atoms with Crippen LogP contribution < -0.4 is 11.1 Å². The molecule has 98 valence electrons. The van der Waals surface area contributed by atoms with Crippen LogP contribution in [0, 0.1) is 0 Å². The summed E-state index contributed by atoms with van der Waals surface area (Å²) in [6.45, 7) is -0.186. The number of rotatable bonds is 7. The largest absolute Gasteiger partial charge is 0.480 e. The van der Waals surface area contributed by atoms with Gasteiger partial charge in [0.25, 0.3) is 0 Å². The van der Waals surface area contributed by atoms with Crippen LogP contribution in [0.5, 0.6) is 0 Å². The van der Waals surface area contributed by atoms with Crippen LogP contribution in [0.2, 0.25) is 0 Å². The van der Waals surface area contributed by atoms with E-state index in [0.29, 0.717) is 12.2 Å². The van der Waals surface area contributed by atoms with E-state index in [9.17, 15) is 9.59 Å². The molecule has 1 amide bonds. The van der Waals surface area contributed by atoms with Crippen molar-refractivity contribution in [1.29, 1.82) is 0 Å². The Hall–Kier alpha value is -1.92. The number of nitrogens with one attached hydrogen (secondary N) is 1. The average Bonchev–Trinajstić information content (AvgIpc) is 2.31. The fourth-order valence-corrected chi connectivity index (χ4v) is 1.35. The molecule has 1 aromatic carbocycles. The molecule has 0 bridgehead atoms. The summed E-state index contributed by atoms with van der Waals surface area (Å²) < 4.78 is 4.66. The maximum Gasteiger partial charge on any atom is 0.329 e. The second-order valence-electron chi connectivity index (χ2n) is 3.67. The van der Waals surface area contributed by atoms with Gasteiger partial charge in [-0.25, -0.2) is 4.79 Å². The van der Waals surface area contributed by atoms with Crippen molar-refractivity contribution in [1.82, 2.24) is 0 Å². The number of nitrogens with two attached hydrogens (primary N) is 1. The van der Waals surface area contributed by atoms with Gasteiger partial charge in [0.2, 0.25) is 5.91 Å². The van der Waals surface area contributed by atoms with Gasteiger partial charge in [0.05, 0.1) is 0 Å². The van der Waals surface area contributed by atoms with Crippen molar-refractivity contribution in [2.75, 3.05) is 25.1 Å². The van der Waals surface area contributed by atoms with Gasteiger partial charge in [-0.05, 0) is 30.7 Å². The SMILES string of the molecule is NCCc1ccc(NC(=O)COCC(=O)O)cc1. The van der Waals surface area contributed by atoms with Gasteiger partial charge < -0.3 is 20.9 Å². The molecule has 0 unspecified atom stereocenters. The number of benzene rings is 1. The number of anilines is 1. The summed E-state index contributed by atoms with van der Waals surface area (Å²) >= 11 is 0. The fraction of sp³-hybridized carbons (Fsp3) is 0.333. The summed E-state index contributed by atoms with van der Waals surface area (Å²) in [7, 11) is 0. The summed E-state index contributed by atoms with van der Waals surface area (Å²) in [4.78, 5) is 21.5. The molecule has 0 radical (unpaired) electrons. The van der Waals surface area contributed by atoms with Crippen molar-refractivity contribution in [3.63, 3.8) is 0 Å². The number of carbonyl (C=O) groups is 2. The lowest BCUT2D eigenvalue weighted by molar-refractivity contribution is -0.143. The molecule has 0 atom stereocenters. The van der Waals surface area contributed by atoms with E-state index in [4.69, 9.17) is 10.8 Å². The highest BCUT2D eigenvalue weighted by molar-refractivity contribution is 5.91. The molecule has 1 rings (SSSR count). The molecular weight excluding hydrogens is 236 g/mol.